The van der Waals surface area contributed by atoms with Crippen molar-refractivity contribution in [2.24, 2.45) is 4.99 Å². The summed E-state index contributed by atoms with van der Waals surface area (Å²) >= 11 is 0. The Morgan fingerprint density at radius 1 is 1.48 bits per heavy atom. The van der Waals surface area contributed by atoms with Crippen molar-refractivity contribution in [1.29, 1.82) is 0 Å². The highest BCUT2D eigenvalue weighted by molar-refractivity contribution is 5.80. The van der Waals surface area contributed by atoms with Crippen molar-refractivity contribution < 1.29 is 9.47 Å². The number of hydrogen-bond donors (Lipinski definition) is 2. The summed E-state index contributed by atoms with van der Waals surface area (Å²) in [6, 6.07) is 4.32. The molecule has 2 fully saturated rings. The summed E-state index contributed by atoms with van der Waals surface area (Å²) in [5.41, 5.74) is 1.04. The van der Waals surface area contributed by atoms with E-state index in [0.29, 0.717) is 37.3 Å². The molecule has 2 N–H and O–H groups in total. The third-order valence-electron chi connectivity index (χ3n) is 4.39. The van der Waals surface area contributed by atoms with Gasteiger partial charge < -0.3 is 20.1 Å². The predicted molar refractivity (Wildman–Crippen MR) is 89.7 cm³/mol. The number of nitrogens with zero attached hydrogens (tertiary/aromatic N) is 2. The van der Waals surface area contributed by atoms with E-state index < -0.39 is 0 Å². The van der Waals surface area contributed by atoms with Crippen molar-refractivity contribution >= 4 is 5.96 Å². The van der Waals surface area contributed by atoms with Gasteiger partial charge >= 0.3 is 0 Å². The number of aromatic nitrogens is 1. The molecule has 6 nitrogen and oxygen atoms in total. The van der Waals surface area contributed by atoms with E-state index in [1.165, 1.54) is 6.42 Å². The quantitative estimate of drug-likeness (QED) is 0.619. The second-order valence-electron chi connectivity index (χ2n) is 6.10. The molecule has 2 aliphatic heterocycles. The maximum absolute atomic E-state index is 5.88. The Labute approximate surface area is 137 Å². The zero-order valence-corrected chi connectivity index (χ0v) is 13.9. The molecule has 0 amide bonds. The molecule has 0 spiro atoms. The first-order valence-corrected chi connectivity index (χ1v) is 8.49. The minimum atomic E-state index is 0.334. The van der Waals surface area contributed by atoms with Gasteiger partial charge in [-0.05, 0) is 31.7 Å². The van der Waals surface area contributed by atoms with Crippen LogP contribution in [0.1, 0.15) is 38.2 Å². The molecule has 2 saturated heterocycles. The van der Waals surface area contributed by atoms with Crippen molar-refractivity contribution in [3.05, 3.63) is 23.9 Å². The van der Waals surface area contributed by atoms with E-state index in [2.05, 4.69) is 27.5 Å². The molecule has 6 heteroatoms. The Morgan fingerprint density at radius 2 is 2.39 bits per heavy atom. The molecule has 2 aliphatic rings. The Kier molecular flexibility index (Phi) is 5.33. The van der Waals surface area contributed by atoms with E-state index in [-0.39, 0.29) is 0 Å². The van der Waals surface area contributed by atoms with E-state index >= 15 is 0 Å². The van der Waals surface area contributed by atoms with Gasteiger partial charge in [0.15, 0.2) is 5.96 Å². The summed E-state index contributed by atoms with van der Waals surface area (Å²) in [4.78, 5) is 8.63. The van der Waals surface area contributed by atoms with Gasteiger partial charge in [-0.1, -0.05) is 13.0 Å². The lowest BCUT2D eigenvalue weighted by Gasteiger charge is -2.22. The van der Waals surface area contributed by atoms with E-state index in [1.54, 1.807) is 13.2 Å². The zero-order chi connectivity index (χ0) is 16.1. The molecule has 3 heterocycles. The van der Waals surface area contributed by atoms with Crippen molar-refractivity contribution in [1.82, 2.24) is 15.6 Å². The smallest absolute Gasteiger partial charge is 0.218 e. The van der Waals surface area contributed by atoms with Crippen molar-refractivity contribution in [2.45, 2.75) is 57.4 Å². The first kappa shape index (κ1) is 16.1. The summed E-state index contributed by atoms with van der Waals surface area (Å²) < 4.78 is 11.6. The Hall–Kier alpha value is -1.82. The molecule has 3 unspecified atom stereocenters. The normalized spacial score (nSPS) is 26.3. The average Bonchev–Trinajstić information content (AvgIpc) is 3.20. The Morgan fingerprint density at radius 3 is 3.09 bits per heavy atom. The van der Waals surface area contributed by atoms with Crippen molar-refractivity contribution in [3.8, 4) is 5.88 Å². The molecule has 2 bridgehead atoms. The van der Waals surface area contributed by atoms with Gasteiger partial charge in [-0.3, -0.25) is 4.99 Å². The third-order valence-corrected chi connectivity index (χ3v) is 4.39. The van der Waals surface area contributed by atoms with E-state index in [9.17, 15) is 0 Å². The van der Waals surface area contributed by atoms with Crippen molar-refractivity contribution in [3.63, 3.8) is 0 Å². The molecule has 0 radical (unpaired) electrons. The van der Waals surface area contributed by atoms with Gasteiger partial charge in [0.05, 0.1) is 24.9 Å². The molecule has 0 saturated carbocycles. The van der Waals surface area contributed by atoms with Gasteiger partial charge in [-0.15, -0.1) is 0 Å². The lowest BCUT2D eigenvalue weighted by atomic mass is 9.96. The van der Waals surface area contributed by atoms with Crippen LogP contribution in [0, 0.1) is 0 Å². The maximum Gasteiger partial charge on any atom is 0.218 e. The van der Waals surface area contributed by atoms with Crippen LogP contribution in [0.25, 0.3) is 0 Å². The number of aliphatic imine (C=N–C) groups is 1. The number of hydrogen-bond acceptors (Lipinski definition) is 4. The van der Waals surface area contributed by atoms with Crippen LogP contribution in [-0.2, 0) is 11.3 Å². The number of fused-ring (bicyclic) bond motifs is 2. The van der Waals surface area contributed by atoms with Crippen LogP contribution in [-0.4, -0.2) is 42.8 Å². The topological polar surface area (TPSA) is 67.8 Å². The fourth-order valence-electron chi connectivity index (χ4n) is 3.23. The molecular formula is C17H26N4O2. The molecule has 23 heavy (non-hydrogen) atoms. The molecule has 126 valence electrons. The summed E-state index contributed by atoms with van der Waals surface area (Å²) in [5.74, 6) is 1.50. The molecule has 0 aromatic carbocycles. The first-order chi connectivity index (χ1) is 11.3. The van der Waals surface area contributed by atoms with Crippen LogP contribution < -0.4 is 15.4 Å². The fourth-order valence-corrected chi connectivity index (χ4v) is 3.23. The zero-order valence-electron chi connectivity index (χ0n) is 13.9. The number of guanidine groups is 1. The SMILES string of the molecule is CCCOc1ncccc1CNC(=NC)NC1CC2CCC1O2. The first-order valence-electron chi connectivity index (χ1n) is 8.49. The van der Waals surface area contributed by atoms with E-state index in [4.69, 9.17) is 9.47 Å². The van der Waals surface area contributed by atoms with Gasteiger partial charge in [0, 0.05) is 25.4 Å². The average molecular weight is 318 g/mol. The lowest BCUT2D eigenvalue weighted by Crippen LogP contribution is -2.47. The molecule has 1 aromatic rings. The molecule has 3 atom stereocenters. The minimum absolute atomic E-state index is 0.334. The van der Waals surface area contributed by atoms with Gasteiger partial charge in [-0.25, -0.2) is 4.98 Å². The number of nitrogens with one attached hydrogen (secondary N) is 2. The maximum atomic E-state index is 5.88. The van der Waals surface area contributed by atoms with Crippen molar-refractivity contribution in [2.75, 3.05) is 13.7 Å². The molecule has 1 aromatic heterocycles. The van der Waals surface area contributed by atoms with Crippen LogP contribution in [0.5, 0.6) is 5.88 Å². The number of rotatable bonds is 6. The van der Waals surface area contributed by atoms with Crippen LogP contribution in [0.2, 0.25) is 0 Å². The van der Waals surface area contributed by atoms with E-state index in [0.717, 1.165) is 30.8 Å². The Bertz CT molecular complexity index is 549. The van der Waals surface area contributed by atoms with Crippen LogP contribution in [0.15, 0.2) is 23.3 Å². The van der Waals surface area contributed by atoms with Crippen LogP contribution in [0.3, 0.4) is 0 Å². The number of ether oxygens (including phenoxy) is 2. The predicted octanol–water partition coefficient (Wildman–Crippen LogP) is 1.86. The highest BCUT2D eigenvalue weighted by Crippen LogP contribution is 2.34. The summed E-state index contributed by atoms with van der Waals surface area (Å²) in [6.45, 7) is 3.40. The highest BCUT2D eigenvalue weighted by Gasteiger charge is 2.41. The van der Waals surface area contributed by atoms with Crippen LogP contribution in [0.4, 0.5) is 0 Å². The lowest BCUT2D eigenvalue weighted by molar-refractivity contribution is 0.0992. The largest absolute Gasteiger partial charge is 0.477 e. The fraction of sp³-hybridized carbons (Fsp3) is 0.647. The molecule has 3 rings (SSSR count). The second kappa shape index (κ2) is 7.64. The molecular weight excluding hydrogens is 292 g/mol. The van der Waals surface area contributed by atoms with Gasteiger partial charge in [0.1, 0.15) is 0 Å². The van der Waals surface area contributed by atoms with Gasteiger partial charge in [-0.2, -0.15) is 0 Å². The summed E-state index contributed by atoms with van der Waals surface area (Å²) in [6.07, 6.45) is 6.91. The van der Waals surface area contributed by atoms with E-state index in [1.807, 2.05) is 12.1 Å². The third kappa shape index (κ3) is 3.93. The second-order valence-corrected chi connectivity index (χ2v) is 6.10. The summed E-state index contributed by atoms with van der Waals surface area (Å²) in [7, 11) is 1.79. The standard InChI is InChI=1S/C17H26N4O2/c1-3-9-22-16-12(5-4-8-19-16)11-20-17(18-2)21-14-10-13-6-7-15(14)23-13/h4-5,8,13-15H,3,6-7,9-11H2,1-2H3,(H2,18,20,21). The number of pyridine rings is 1. The Balaban J connectivity index is 1.54. The minimum Gasteiger partial charge on any atom is -0.477 e. The van der Waals surface area contributed by atoms with Gasteiger partial charge in [0.25, 0.3) is 0 Å². The van der Waals surface area contributed by atoms with Gasteiger partial charge in [0.2, 0.25) is 5.88 Å². The highest BCUT2D eigenvalue weighted by atomic mass is 16.5. The monoisotopic (exact) mass is 318 g/mol. The van der Waals surface area contributed by atoms with Crippen LogP contribution >= 0.6 is 0 Å². The molecule has 0 aliphatic carbocycles. The summed E-state index contributed by atoms with van der Waals surface area (Å²) in [5, 5.41) is 6.83.